The Labute approximate surface area is 169 Å². The molecule has 0 aliphatic carbocycles. The highest BCUT2D eigenvalue weighted by atomic mass is 35.5. The largest absolute Gasteiger partial charge is 0.370 e. The molecule has 0 saturated carbocycles. The van der Waals surface area contributed by atoms with Crippen LogP contribution in [0.15, 0.2) is 60.8 Å². The molecule has 2 heterocycles. The molecular weight excluding hydrogens is 370 g/mol. The summed E-state index contributed by atoms with van der Waals surface area (Å²) in [5.41, 5.74) is 3.62. The fourth-order valence-corrected chi connectivity index (χ4v) is 3.33. The van der Waals surface area contributed by atoms with E-state index in [0.29, 0.717) is 6.54 Å². The maximum Gasteiger partial charge on any atom is 0.132 e. The van der Waals surface area contributed by atoms with Crippen molar-refractivity contribution in [3.63, 3.8) is 0 Å². The fourth-order valence-electron chi connectivity index (χ4n) is 3.21. The lowest BCUT2D eigenvalue weighted by molar-refractivity contribution is 0.979. The van der Waals surface area contributed by atoms with E-state index in [1.165, 1.54) is 16.5 Å². The Morgan fingerprint density at radius 3 is 2.54 bits per heavy atom. The van der Waals surface area contributed by atoms with Gasteiger partial charge in [-0.2, -0.15) is 0 Å². The number of benzene rings is 2. The predicted octanol–water partition coefficient (Wildman–Crippen LogP) is 5.19. The summed E-state index contributed by atoms with van der Waals surface area (Å²) in [5.74, 6) is 2.36. The molecule has 0 radical (unpaired) electrons. The molecule has 0 bridgehead atoms. The first-order valence-corrected chi connectivity index (χ1v) is 9.68. The molecule has 5 nitrogen and oxygen atoms in total. The van der Waals surface area contributed by atoms with Crippen LogP contribution in [0.2, 0.25) is 5.02 Å². The van der Waals surface area contributed by atoms with Gasteiger partial charge in [0.15, 0.2) is 0 Å². The molecule has 3 N–H and O–H groups in total. The van der Waals surface area contributed by atoms with Gasteiger partial charge in [0.2, 0.25) is 0 Å². The van der Waals surface area contributed by atoms with E-state index < -0.39 is 0 Å². The first kappa shape index (κ1) is 18.3. The number of hydrogen-bond donors (Lipinski definition) is 3. The van der Waals surface area contributed by atoms with E-state index in [-0.39, 0.29) is 0 Å². The van der Waals surface area contributed by atoms with Crippen molar-refractivity contribution in [2.75, 3.05) is 17.2 Å². The Morgan fingerprint density at radius 1 is 0.964 bits per heavy atom. The summed E-state index contributed by atoms with van der Waals surface area (Å²) in [6.07, 6.45) is 3.00. The topological polar surface area (TPSA) is 65.6 Å². The summed E-state index contributed by atoms with van der Waals surface area (Å²) in [6, 6.07) is 18.1. The summed E-state index contributed by atoms with van der Waals surface area (Å²) in [4.78, 5) is 12.3. The first-order chi connectivity index (χ1) is 13.7. The molecule has 0 amide bonds. The van der Waals surface area contributed by atoms with Gasteiger partial charge in [0.05, 0.1) is 0 Å². The van der Waals surface area contributed by atoms with Crippen molar-refractivity contribution in [2.24, 2.45) is 0 Å². The van der Waals surface area contributed by atoms with E-state index in [2.05, 4.69) is 50.0 Å². The third kappa shape index (κ3) is 4.43. The van der Waals surface area contributed by atoms with Crippen LogP contribution in [0.25, 0.3) is 10.9 Å². The summed E-state index contributed by atoms with van der Waals surface area (Å²) in [5, 5.41) is 8.77. The molecule has 0 atom stereocenters. The highest BCUT2D eigenvalue weighted by Crippen LogP contribution is 2.19. The van der Waals surface area contributed by atoms with Crippen LogP contribution < -0.4 is 10.6 Å². The third-order valence-electron chi connectivity index (χ3n) is 4.60. The van der Waals surface area contributed by atoms with Crippen molar-refractivity contribution in [2.45, 2.75) is 19.9 Å². The van der Waals surface area contributed by atoms with Crippen molar-refractivity contribution < 1.29 is 0 Å². The molecular formula is C22H22ClN5. The van der Waals surface area contributed by atoms with Gasteiger partial charge >= 0.3 is 0 Å². The molecule has 4 aromatic rings. The summed E-state index contributed by atoms with van der Waals surface area (Å²) >= 11 is 5.94. The van der Waals surface area contributed by atoms with Crippen molar-refractivity contribution in [1.82, 2.24) is 15.0 Å². The SMILES string of the molecule is Cc1nc(NCCc2c[nH]c3ccccc23)cc(NCc2ccc(Cl)cc2)n1. The van der Waals surface area contributed by atoms with Crippen LogP contribution in [0.3, 0.4) is 0 Å². The van der Waals surface area contributed by atoms with E-state index in [4.69, 9.17) is 11.6 Å². The van der Waals surface area contributed by atoms with Crippen molar-refractivity contribution in [1.29, 1.82) is 0 Å². The number of hydrogen-bond acceptors (Lipinski definition) is 4. The maximum atomic E-state index is 5.94. The second-order valence-electron chi connectivity index (χ2n) is 6.70. The predicted molar refractivity (Wildman–Crippen MR) is 116 cm³/mol. The highest BCUT2D eigenvalue weighted by molar-refractivity contribution is 6.30. The van der Waals surface area contributed by atoms with Gasteiger partial charge in [0.1, 0.15) is 17.5 Å². The lowest BCUT2D eigenvalue weighted by Gasteiger charge is -2.10. The lowest BCUT2D eigenvalue weighted by atomic mass is 10.1. The zero-order valence-corrected chi connectivity index (χ0v) is 16.4. The number of nitrogens with one attached hydrogen (secondary N) is 3. The minimum Gasteiger partial charge on any atom is -0.370 e. The van der Waals surface area contributed by atoms with E-state index in [1.54, 1.807) is 0 Å². The molecule has 0 aliphatic rings. The van der Waals surface area contributed by atoms with Crippen LogP contribution in [-0.4, -0.2) is 21.5 Å². The zero-order valence-electron chi connectivity index (χ0n) is 15.7. The number of para-hydroxylation sites is 1. The van der Waals surface area contributed by atoms with Gasteiger partial charge in [0.25, 0.3) is 0 Å². The minimum absolute atomic E-state index is 0.683. The van der Waals surface area contributed by atoms with Crippen LogP contribution >= 0.6 is 11.6 Å². The molecule has 4 rings (SSSR count). The van der Waals surface area contributed by atoms with Gasteiger partial charge in [-0.25, -0.2) is 9.97 Å². The summed E-state index contributed by atoms with van der Waals surface area (Å²) < 4.78 is 0. The number of aromatic nitrogens is 3. The monoisotopic (exact) mass is 391 g/mol. The Morgan fingerprint density at radius 2 is 1.71 bits per heavy atom. The van der Waals surface area contributed by atoms with E-state index in [9.17, 15) is 0 Å². The number of nitrogens with zero attached hydrogens (tertiary/aromatic N) is 2. The number of aryl methyl sites for hydroxylation is 1. The average Bonchev–Trinajstić information content (AvgIpc) is 3.11. The third-order valence-corrected chi connectivity index (χ3v) is 4.85. The quantitative estimate of drug-likeness (QED) is 0.405. The number of fused-ring (bicyclic) bond motifs is 1. The Balaban J connectivity index is 1.37. The van der Waals surface area contributed by atoms with Crippen LogP contribution in [0.4, 0.5) is 11.6 Å². The van der Waals surface area contributed by atoms with Gasteiger partial charge in [0, 0.05) is 41.3 Å². The summed E-state index contributed by atoms with van der Waals surface area (Å²) in [7, 11) is 0. The number of halogens is 1. The number of anilines is 2. The van der Waals surface area contributed by atoms with Crippen LogP contribution in [0, 0.1) is 6.92 Å². The Hall–Kier alpha value is -3.05. The molecule has 2 aromatic carbocycles. The zero-order chi connectivity index (χ0) is 19.3. The van der Waals surface area contributed by atoms with Gasteiger partial charge in [-0.15, -0.1) is 0 Å². The van der Waals surface area contributed by atoms with Crippen molar-refractivity contribution in [3.05, 3.63) is 82.8 Å². The first-order valence-electron chi connectivity index (χ1n) is 9.30. The van der Waals surface area contributed by atoms with Gasteiger partial charge in [-0.3, -0.25) is 0 Å². The second kappa shape index (κ2) is 8.31. The molecule has 0 fully saturated rings. The Bertz CT molecular complexity index is 1070. The number of H-pyrrole nitrogens is 1. The molecule has 6 heteroatoms. The highest BCUT2D eigenvalue weighted by Gasteiger charge is 2.05. The lowest BCUT2D eigenvalue weighted by Crippen LogP contribution is -2.09. The second-order valence-corrected chi connectivity index (χ2v) is 7.14. The number of rotatable bonds is 7. The maximum absolute atomic E-state index is 5.94. The standard InChI is InChI=1S/C22H22ClN5/c1-15-27-21(12-22(28-15)26-13-16-6-8-18(23)9-7-16)24-11-10-17-14-25-20-5-3-2-4-19(17)20/h2-9,12,14,25H,10-11,13H2,1H3,(H2,24,26,27,28). The molecule has 0 aliphatic heterocycles. The smallest absolute Gasteiger partial charge is 0.132 e. The number of aromatic amines is 1. The fraction of sp³-hybridized carbons (Fsp3) is 0.182. The average molecular weight is 392 g/mol. The van der Waals surface area contributed by atoms with Crippen molar-refractivity contribution in [3.8, 4) is 0 Å². The normalized spacial score (nSPS) is 10.9. The molecule has 28 heavy (non-hydrogen) atoms. The van der Waals surface area contributed by atoms with Gasteiger partial charge in [-0.05, 0) is 42.7 Å². The van der Waals surface area contributed by atoms with E-state index >= 15 is 0 Å². The van der Waals surface area contributed by atoms with Gasteiger partial charge < -0.3 is 15.6 Å². The molecule has 0 unspecified atom stereocenters. The van der Waals surface area contributed by atoms with E-state index in [0.717, 1.165) is 41.0 Å². The minimum atomic E-state index is 0.683. The van der Waals surface area contributed by atoms with Crippen LogP contribution in [-0.2, 0) is 13.0 Å². The van der Waals surface area contributed by atoms with Gasteiger partial charge in [-0.1, -0.05) is 41.9 Å². The molecule has 0 spiro atoms. The summed E-state index contributed by atoms with van der Waals surface area (Å²) in [6.45, 7) is 3.38. The van der Waals surface area contributed by atoms with Crippen LogP contribution in [0.5, 0.6) is 0 Å². The van der Waals surface area contributed by atoms with Crippen molar-refractivity contribution >= 4 is 34.1 Å². The molecule has 2 aromatic heterocycles. The van der Waals surface area contributed by atoms with Crippen LogP contribution in [0.1, 0.15) is 17.0 Å². The molecule has 0 saturated heterocycles. The molecule has 142 valence electrons. The Kier molecular flexibility index (Phi) is 5.44. The van der Waals surface area contributed by atoms with E-state index in [1.807, 2.05) is 43.3 Å².